The largest absolute Gasteiger partial charge is 0.389 e. The maximum Gasteiger partial charge on any atom is 0.244 e. The number of ether oxygens (including phenoxy) is 1. The molecule has 5 rings (SSSR count). The Morgan fingerprint density at radius 3 is 2.44 bits per heavy atom. The van der Waals surface area contributed by atoms with E-state index in [1.807, 2.05) is 41.3 Å². The number of fused-ring (bicyclic) bond motifs is 2. The Labute approximate surface area is 188 Å². The van der Waals surface area contributed by atoms with Crippen molar-refractivity contribution in [2.75, 3.05) is 32.7 Å². The number of amides is 2. The predicted molar refractivity (Wildman–Crippen MR) is 118 cm³/mol. The molecule has 1 atom stereocenters. The molecule has 0 aliphatic carbocycles. The topological polar surface area (TPSA) is 82.1 Å². The number of likely N-dealkylation sites (tertiary alicyclic amines) is 2. The van der Waals surface area contributed by atoms with E-state index in [2.05, 4.69) is 23.5 Å². The minimum absolute atomic E-state index is 0.0106. The van der Waals surface area contributed by atoms with E-state index >= 15 is 0 Å². The van der Waals surface area contributed by atoms with Gasteiger partial charge in [-0.2, -0.15) is 0 Å². The Morgan fingerprint density at radius 2 is 1.72 bits per heavy atom. The van der Waals surface area contributed by atoms with Crippen LogP contribution in [0.4, 0.5) is 0 Å². The summed E-state index contributed by atoms with van der Waals surface area (Å²) in [5.74, 6) is -0.119. The fraction of sp³-hybridized carbons (Fsp3) is 0.440. The number of benzene rings is 2. The van der Waals surface area contributed by atoms with E-state index in [-0.39, 0.29) is 24.0 Å². The Morgan fingerprint density at radius 1 is 1.03 bits per heavy atom. The molecule has 2 saturated heterocycles. The van der Waals surface area contributed by atoms with Gasteiger partial charge in [-0.15, -0.1) is 0 Å². The zero-order chi connectivity index (χ0) is 22.1. The van der Waals surface area contributed by atoms with Crippen molar-refractivity contribution < 1.29 is 19.4 Å². The molecule has 3 heterocycles. The molecule has 2 aromatic carbocycles. The molecule has 7 nitrogen and oxygen atoms in total. The normalized spacial score (nSPS) is 20.7. The number of aliphatic hydroxyl groups is 1. The van der Waals surface area contributed by atoms with E-state index in [1.54, 1.807) is 4.90 Å². The molecule has 2 fully saturated rings. The van der Waals surface area contributed by atoms with E-state index in [0.717, 1.165) is 18.4 Å². The van der Waals surface area contributed by atoms with Gasteiger partial charge in [-0.25, -0.2) is 0 Å². The molecule has 1 spiro atoms. The predicted octanol–water partition coefficient (Wildman–Crippen LogP) is 1.57. The SMILES string of the molecule is O=C(CNC(C(=O)N1CC(O)C1)c1ccccc1)N1CCC2(CC1)OCc1ccccc12. The Balaban J connectivity index is 1.20. The van der Waals surface area contributed by atoms with Crippen LogP contribution in [-0.4, -0.2) is 65.5 Å². The number of hydrogen-bond donors (Lipinski definition) is 2. The summed E-state index contributed by atoms with van der Waals surface area (Å²) in [4.78, 5) is 29.4. The molecular weight excluding hydrogens is 406 g/mol. The Kier molecular flexibility index (Phi) is 5.71. The zero-order valence-corrected chi connectivity index (χ0v) is 18.1. The van der Waals surface area contributed by atoms with E-state index in [9.17, 15) is 14.7 Å². The quantitative estimate of drug-likeness (QED) is 0.745. The molecule has 2 amide bonds. The minimum atomic E-state index is -0.603. The number of nitrogens with zero attached hydrogens (tertiary/aromatic N) is 2. The lowest BCUT2D eigenvalue weighted by atomic mass is 9.84. The number of nitrogens with one attached hydrogen (secondary N) is 1. The summed E-state index contributed by atoms with van der Waals surface area (Å²) in [5, 5.41) is 12.7. The number of piperidine rings is 1. The van der Waals surface area contributed by atoms with Gasteiger partial charge in [0.15, 0.2) is 0 Å². The highest BCUT2D eigenvalue weighted by atomic mass is 16.5. The van der Waals surface area contributed by atoms with Gasteiger partial charge < -0.3 is 19.6 Å². The number of β-amino-alcohol motifs (C(OH)–C–C–N with tert-alkyl or cyclic N) is 1. The summed E-state index contributed by atoms with van der Waals surface area (Å²) in [6, 6.07) is 17.2. The fourth-order valence-corrected chi connectivity index (χ4v) is 5.03. The van der Waals surface area contributed by atoms with E-state index in [0.29, 0.717) is 32.8 Å². The summed E-state index contributed by atoms with van der Waals surface area (Å²) in [7, 11) is 0. The molecule has 168 valence electrons. The van der Waals surface area contributed by atoms with Gasteiger partial charge in [-0.3, -0.25) is 14.9 Å². The maximum absolute atomic E-state index is 13.0. The standard InChI is InChI=1S/C25H29N3O4/c29-20-15-28(16-20)24(31)23(18-6-2-1-3-7-18)26-14-22(30)27-12-10-25(11-13-27)21-9-5-4-8-19(21)17-32-25/h1-9,20,23,26,29H,10-17H2. The van der Waals surface area contributed by atoms with Gasteiger partial charge >= 0.3 is 0 Å². The maximum atomic E-state index is 13.0. The Bertz CT molecular complexity index is 982. The third-order valence-electron chi connectivity index (χ3n) is 6.95. The summed E-state index contributed by atoms with van der Waals surface area (Å²) in [6.07, 6.45) is 1.10. The van der Waals surface area contributed by atoms with Crippen LogP contribution < -0.4 is 5.32 Å². The highest BCUT2D eigenvalue weighted by Gasteiger charge is 2.43. The number of carbonyl (C=O) groups excluding carboxylic acids is 2. The molecular formula is C25H29N3O4. The number of aliphatic hydroxyl groups excluding tert-OH is 1. The van der Waals surface area contributed by atoms with Crippen molar-refractivity contribution >= 4 is 11.8 Å². The van der Waals surface area contributed by atoms with Crippen LogP contribution in [0.3, 0.4) is 0 Å². The Hall–Kier alpha value is -2.74. The highest BCUT2D eigenvalue weighted by molar-refractivity contribution is 5.85. The van der Waals surface area contributed by atoms with Gasteiger partial charge in [0.25, 0.3) is 0 Å². The smallest absolute Gasteiger partial charge is 0.244 e. The summed E-state index contributed by atoms with van der Waals surface area (Å²) in [6.45, 7) is 2.68. The van der Waals surface area contributed by atoms with Crippen molar-refractivity contribution in [3.05, 3.63) is 71.3 Å². The van der Waals surface area contributed by atoms with Crippen LogP contribution in [0.15, 0.2) is 54.6 Å². The van der Waals surface area contributed by atoms with Crippen LogP contribution in [0.5, 0.6) is 0 Å². The highest BCUT2D eigenvalue weighted by Crippen LogP contribution is 2.43. The first-order valence-electron chi connectivity index (χ1n) is 11.3. The van der Waals surface area contributed by atoms with Crippen molar-refractivity contribution in [3.8, 4) is 0 Å². The van der Waals surface area contributed by atoms with E-state index < -0.39 is 12.1 Å². The van der Waals surface area contributed by atoms with E-state index in [1.165, 1.54) is 11.1 Å². The molecule has 0 aromatic heterocycles. The van der Waals surface area contributed by atoms with Crippen LogP contribution in [0, 0.1) is 0 Å². The molecule has 3 aliphatic rings. The van der Waals surface area contributed by atoms with Crippen molar-refractivity contribution in [2.24, 2.45) is 0 Å². The average molecular weight is 436 g/mol. The molecule has 0 saturated carbocycles. The van der Waals surface area contributed by atoms with Crippen molar-refractivity contribution in [2.45, 2.75) is 37.2 Å². The van der Waals surface area contributed by atoms with Gasteiger partial charge in [0.2, 0.25) is 11.8 Å². The molecule has 2 N–H and O–H groups in total. The zero-order valence-electron chi connectivity index (χ0n) is 18.1. The number of rotatable bonds is 5. The summed E-state index contributed by atoms with van der Waals surface area (Å²) < 4.78 is 6.20. The molecule has 7 heteroatoms. The van der Waals surface area contributed by atoms with Crippen LogP contribution in [0.1, 0.15) is 35.6 Å². The van der Waals surface area contributed by atoms with Crippen LogP contribution in [0.25, 0.3) is 0 Å². The minimum Gasteiger partial charge on any atom is -0.389 e. The lowest BCUT2D eigenvalue weighted by Gasteiger charge is -2.40. The first kappa shape index (κ1) is 21.1. The average Bonchev–Trinajstić information content (AvgIpc) is 3.16. The molecule has 3 aliphatic heterocycles. The molecule has 1 unspecified atom stereocenters. The monoisotopic (exact) mass is 435 g/mol. The molecule has 0 bridgehead atoms. The second-order valence-corrected chi connectivity index (χ2v) is 8.94. The lowest BCUT2D eigenvalue weighted by molar-refractivity contribution is -0.144. The number of hydrogen-bond acceptors (Lipinski definition) is 5. The molecule has 0 radical (unpaired) electrons. The van der Waals surface area contributed by atoms with Crippen molar-refractivity contribution in [3.63, 3.8) is 0 Å². The van der Waals surface area contributed by atoms with Crippen LogP contribution in [-0.2, 0) is 26.5 Å². The van der Waals surface area contributed by atoms with Gasteiger partial charge in [0, 0.05) is 26.2 Å². The van der Waals surface area contributed by atoms with E-state index in [4.69, 9.17) is 4.74 Å². The van der Waals surface area contributed by atoms with Crippen molar-refractivity contribution in [1.82, 2.24) is 15.1 Å². The third kappa shape index (κ3) is 3.92. The van der Waals surface area contributed by atoms with Gasteiger partial charge in [-0.05, 0) is 29.5 Å². The lowest BCUT2D eigenvalue weighted by Crippen LogP contribution is -2.57. The van der Waals surface area contributed by atoms with Crippen LogP contribution in [0.2, 0.25) is 0 Å². The van der Waals surface area contributed by atoms with Crippen LogP contribution >= 0.6 is 0 Å². The second kappa shape index (κ2) is 8.65. The van der Waals surface area contributed by atoms with Gasteiger partial charge in [-0.1, -0.05) is 54.6 Å². The number of carbonyl (C=O) groups is 2. The molecule has 2 aromatic rings. The summed E-state index contributed by atoms with van der Waals surface area (Å²) >= 11 is 0. The summed E-state index contributed by atoms with van der Waals surface area (Å²) in [5.41, 5.74) is 3.05. The third-order valence-corrected chi connectivity index (χ3v) is 6.95. The second-order valence-electron chi connectivity index (χ2n) is 8.94. The molecule has 32 heavy (non-hydrogen) atoms. The fourth-order valence-electron chi connectivity index (χ4n) is 5.03. The van der Waals surface area contributed by atoms with Gasteiger partial charge in [0.05, 0.1) is 24.9 Å². The van der Waals surface area contributed by atoms with Crippen molar-refractivity contribution in [1.29, 1.82) is 0 Å². The first-order chi connectivity index (χ1) is 15.6. The van der Waals surface area contributed by atoms with Gasteiger partial charge in [0.1, 0.15) is 6.04 Å². The first-order valence-corrected chi connectivity index (χ1v) is 11.3.